The van der Waals surface area contributed by atoms with E-state index in [1.165, 1.54) is 5.69 Å². The van der Waals surface area contributed by atoms with Crippen LogP contribution >= 0.6 is 0 Å². The highest BCUT2D eigenvalue weighted by atomic mass is 16.5. The molecule has 5 heteroatoms. The molecule has 1 atom stereocenters. The third-order valence-corrected chi connectivity index (χ3v) is 4.15. The molecule has 1 unspecified atom stereocenters. The summed E-state index contributed by atoms with van der Waals surface area (Å²) in [5.74, 6) is 0. The van der Waals surface area contributed by atoms with Gasteiger partial charge in [0.2, 0.25) is 0 Å². The molecule has 0 radical (unpaired) electrons. The number of aryl methyl sites for hydroxylation is 1. The van der Waals surface area contributed by atoms with E-state index >= 15 is 0 Å². The predicted octanol–water partition coefficient (Wildman–Crippen LogP) is 2.44. The van der Waals surface area contributed by atoms with E-state index in [9.17, 15) is 5.11 Å². The summed E-state index contributed by atoms with van der Waals surface area (Å²) in [7, 11) is 3.76. The van der Waals surface area contributed by atoms with Crippen LogP contribution in [0.2, 0.25) is 0 Å². The minimum atomic E-state index is -0.508. The fourth-order valence-electron chi connectivity index (χ4n) is 2.80. The topological polar surface area (TPSA) is 46.9 Å². The normalized spacial score (nSPS) is 12.6. The highest BCUT2D eigenvalue weighted by molar-refractivity contribution is 5.13. The van der Waals surface area contributed by atoms with Crippen LogP contribution < -0.4 is 0 Å². The summed E-state index contributed by atoms with van der Waals surface area (Å²) in [5.41, 5.74) is 2.35. The van der Waals surface area contributed by atoms with Crippen LogP contribution in [0.4, 0.5) is 0 Å². The number of nitrogens with zero attached hydrogens (tertiary/aromatic N) is 2. The van der Waals surface area contributed by atoms with E-state index in [2.05, 4.69) is 15.5 Å². The average molecular weight is 346 g/mol. The molecule has 0 bridgehead atoms. The van der Waals surface area contributed by atoms with Crippen molar-refractivity contribution >= 4 is 0 Å². The second kappa shape index (κ2) is 11.1. The quantitative estimate of drug-likeness (QED) is 0.600. The molecule has 0 saturated carbocycles. The zero-order valence-corrected chi connectivity index (χ0v) is 15.3. The monoisotopic (exact) mass is 346 g/mol. The van der Waals surface area contributed by atoms with Crippen molar-refractivity contribution in [3.05, 3.63) is 59.9 Å². The Kier molecular flexibility index (Phi) is 8.69. The van der Waals surface area contributed by atoms with Gasteiger partial charge in [-0.25, -0.2) is 0 Å². The number of rotatable bonds is 12. The lowest BCUT2D eigenvalue weighted by Gasteiger charge is -2.25. The highest BCUT2D eigenvalue weighted by Gasteiger charge is 2.14. The lowest BCUT2D eigenvalue weighted by molar-refractivity contribution is 0.00708. The average Bonchev–Trinajstić information content (AvgIpc) is 3.01. The molecule has 0 saturated heterocycles. The fraction of sp³-hybridized carbons (Fsp3) is 0.500. The summed E-state index contributed by atoms with van der Waals surface area (Å²) in [5, 5.41) is 10.3. The number of aromatic nitrogens is 1. The molecule has 2 aromatic rings. The first-order chi connectivity index (χ1) is 12.2. The van der Waals surface area contributed by atoms with Crippen molar-refractivity contribution < 1.29 is 14.6 Å². The van der Waals surface area contributed by atoms with Gasteiger partial charge in [-0.1, -0.05) is 30.3 Å². The van der Waals surface area contributed by atoms with Crippen LogP contribution in [0.25, 0.3) is 0 Å². The predicted molar refractivity (Wildman–Crippen MR) is 99.3 cm³/mol. The fourth-order valence-corrected chi connectivity index (χ4v) is 2.80. The Balaban J connectivity index is 1.78. The van der Waals surface area contributed by atoms with Crippen LogP contribution in [-0.2, 0) is 29.7 Å². The molecule has 25 heavy (non-hydrogen) atoms. The Morgan fingerprint density at radius 3 is 2.64 bits per heavy atom. The van der Waals surface area contributed by atoms with Crippen LogP contribution in [-0.4, -0.2) is 54.1 Å². The first-order valence-electron chi connectivity index (χ1n) is 8.80. The molecule has 1 aromatic carbocycles. The van der Waals surface area contributed by atoms with Gasteiger partial charge in [-0.2, -0.15) is 0 Å². The smallest absolute Gasteiger partial charge is 0.0900 e. The number of aliphatic hydroxyl groups is 1. The minimum absolute atomic E-state index is 0.336. The molecule has 0 amide bonds. The van der Waals surface area contributed by atoms with E-state index in [-0.39, 0.29) is 0 Å². The Bertz CT molecular complexity index is 586. The number of hydrogen-bond acceptors (Lipinski definition) is 4. The molecule has 1 N–H and O–H groups in total. The third-order valence-electron chi connectivity index (χ3n) is 4.15. The van der Waals surface area contributed by atoms with Gasteiger partial charge in [-0.3, -0.25) is 4.90 Å². The molecule has 1 heterocycles. The molecule has 0 aliphatic rings. The molecule has 0 fully saturated rings. The zero-order chi connectivity index (χ0) is 17.9. The maximum absolute atomic E-state index is 10.3. The van der Waals surface area contributed by atoms with Gasteiger partial charge in [0, 0.05) is 52.3 Å². The number of aliphatic hydroxyl groups excluding tert-OH is 1. The summed E-state index contributed by atoms with van der Waals surface area (Å²) in [4.78, 5) is 2.25. The largest absolute Gasteiger partial charge is 0.389 e. The van der Waals surface area contributed by atoms with Crippen molar-refractivity contribution in [1.82, 2.24) is 9.47 Å². The molecular weight excluding hydrogens is 316 g/mol. The van der Waals surface area contributed by atoms with Crippen molar-refractivity contribution in [3.63, 3.8) is 0 Å². The van der Waals surface area contributed by atoms with Gasteiger partial charge < -0.3 is 19.1 Å². The van der Waals surface area contributed by atoms with Crippen molar-refractivity contribution in [2.45, 2.75) is 25.7 Å². The summed E-state index contributed by atoms with van der Waals surface area (Å²) in [6, 6.07) is 14.2. The van der Waals surface area contributed by atoms with E-state index in [0.29, 0.717) is 19.8 Å². The lowest BCUT2D eigenvalue weighted by Crippen LogP contribution is -2.36. The molecular formula is C20H30N2O3. The molecule has 138 valence electrons. The van der Waals surface area contributed by atoms with E-state index < -0.39 is 6.10 Å². The number of methoxy groups -OCH3 is 1. The molecule has 2 rings (SSSR count). The number of hydrogen-bond donors (Lipinski definition) is 1. The maximum Gasteiger partial charge on any atom is 0.0900 e. The Hall–Kier alpha value is -1.66. The maximum atomic E-state index is 10.3. The third kappa shape index (κ3) is 7.40. The van der Waals surface area contributed by atoms with Gasteiger partial charge in [0.05, 0.1) is 19.3 Å². The summed E-state index contributed by atoms with van der Waals surface area (Å²) >= 11 is 0. The van der Waals surface area contributed by atoms with Gasteiger partial charge in [0.15, 0.2) is 0 Å². The van der Waals surface area contributed by atoms with Crippen LogP contribution in [0.3, 0.4) is 0 Å². The van der Waals surface area contributed by atoms with Crippen molar-refractivity contribution in [2.75, 3.05) is 33.4 Å². The number of ether oxygens (including phenoxy) is 2. The van der Waals surface area contributed by atoms with Gasteiger partial charge in [-0.15, -0.1) is 0 Å². The van der Waals surface area contributed by atoms with Crippen molar-refractivity contribution in [1.29, 1.82) is 0 Å². The second-order valence-corrected chi connectivity index (χ2v) is 6.35. The summed E-state index contributed by atoms with van der Waals surface area (Å²) < 4.78 is 12.9. The van der Waals surface area contributed by atoms with E-state index in [1.807, 2.05) is 49.6 Å². The van der Waals surface area contributed by atoms with Crippen molar-refractivity contribution in [3.8, 4) is 0 Å². The Morgan fingerprint density at radius 1 is 1.16 bits per heavy atom. The van der Waals surface area contributed by atoms with E-state index in [4.69, 9.17) is 9.47 Å². The molecule has 0 aliphatic heterocycles. The highest BCUT2D eigenvalue weighted by Crippen LogP contribution is 2.08. The summed E-state index contributed by atoms with van der Waals surface area (Å²) in [6.07, 6.45) is 2.48. The van der Waals surface area contributed by atoms with Crippen LogP contribution in [0, 0.1) is 0 Å². The van der Waals surface area contributed by atoms with Crippen LogP contribution in [0.1, 0.15) is 17.7 Å². The van der Waals surface area contributed by atoms with E-state index in [1.54, 1.807) is 7.11 Å². The van der Waals surface area contributed by atoms with E-state index in [0.717, 1.165) is 31.7 Å². The summed E-state index contributed by atoms with van der Waals surface area (Å²) in [6.45, 7) is 3.87. The zero-order valence-electron chi connectivity index (χ0n) is 15.3. The Labute approximate surface area is 150 Å². The number of benzene rings is 1. The molecule has 5 nitrogen and oxygen atoms in total. The first kappa shape index (κ1) is 19.7. The van der Waals surface area contributed by atoms with Crippen molar-refractivity contribution in [2.24, 2.45) is 7.05 Å². The van der Waals surface area contributed by atoms with Gasteiger partial charge >= 0.3 is 0 Å². The lowest BCUT2D eigenvalue weighted by atomic mass is 10.2. The SMILES string of the molecule is COCCCN(Cc1cccn1C)CC(O)COCc1ccccc1. The van der Waals surface area contributed by atoms with Crippen LogP contribution in [0.5, 0.6) is 0 Å². The van der Waals surface area contributed by atoms with Gasteiger partial charge in [0.25, 0.3) is 0 Å². The van der Waals surface area contributed by atoms with Gasteiger partial charge in [-0.05, 0) is 24.1 Å². The minimum Gasteiger partial charge on any atom is -0.389 e. The Morgan fingerprint density at radius 2 is 1.96 bits per heavy atom. The molecule has 0 spiro atoms. The van der Waals surface area contributed by atoms with Gasteiger partial charge in [0.1, 0.15) is 0 Å². The molecule has 1 aromatic heterocycles. The standard InChI is InChI=1S/C20H30N2O3/c1-21-11-6-10-19(21)14-22(12-7-13-24-2)15-20(23)17-25-16-18-8-4-3-5-9-18/h3-6,8-11,20,23H,7,12-17H2,1-2H3. The molecule has 0 aliphatic carbocycles. The second-order valence-electron chi connectivity index (χ2n) is 6.35. The first-order valence-corrected chi connectivity index (χ1v) is 8.80. The van der Waals surface area contributed by atoms with Crippen LogP contribution in [0.15, 0.2) is 48.7 Å².